The first-order valence-corrected chi connectivity index (χ1v) is 5.71. The second-order valence-corrected chi connectivity index (χ2v) is 4.08. The molecule has 0 aliphatic rings. The predicted octanol–water partition coefficient (Wildman–Crippen LogP) is 3.03. The molecule has 0 atom stereocenters. The molecule has 1 amide bonds. The minimum Gasteiger partial charge on any atom is -0.352 e. The van der Waals surface area contributed by atoms with Crippen molar-refractivity contribution >= 4 is 17.5 Å². The Balaban J connectivity index is 3.70. The van der Waals surface area contributed by atoms with Crippen LogP contribution in [0.25, 0.3) is 0 Å². The number of amides is 1. The number of hydrogen-bond donors (Lipinski definition) is 1. The van der Waals surface area contributed by atoms with Gasteiger partial charge in [0.15, 0.2) is 0 Å². The fraction of sp³-hybridized carbons (Fsp3) is 0.583. The van der Waals surface area contributed by atoms with Crippen LogP contribution in [0.2, 0.25) is 0 Å². The molecule has 0 fully saturated rings. The summed E-state index contributed by atoms with van der Waals surface area (Å²) in [4.78, 5) is 10.8. The van der Waals surface area contributed by atoms with Crippen LogP contribution >= 0.6 is 11.6 Å². The molecule has 0 aromatic carbocycles. The molecule has 86 valence electrons. The van der Waals surface area contributed by atoms with Gasteiger partial charge in [0.25, 0.3) is 0 Å². The SMILES string of the molecule is CC(C)=CCC/C(C)=C/CNC(=O)CCl. The van der Waals surface area contributed by atoms with Gasteiger partial charge in [-0.2, -0.15) is 0 Å². The number of hydrogen-bond acceptors (Lipinski definition) is 1. The minimum absolute atomic E-state index is 0.0324. The van der Waals surface area contributed by atoms with Crippen molar-refractivity contribution < 1.29 is 4.79 Å². The van der Waals surface area contributed by atoms with E-state index in [0.717, 1.165) is 12.8 Å². The van der Waals surface area contributed by atoms with Crippen LogP contribution in [0.15, 0.2) is 23.3 Å². The van der Waals surface area contributed by atoms with E-state index in [9.17, 15) is 4.79 Å². The Kier molecular flexibility index (Phi) is 8.11. The summed E-state index contributed by atoms with van der Waals surface area (Å²) in [5.74, 6) is -0.0880. The van der Waals surface area contributed by atoms with E-state index in [1.165, 1.54) is 11.1 Å². The summed E-state index contributed by atoms with van der Waals surface area (Å²) >= 11 is 5.35. The topological polar surface area (TPSA) is 29.1 Å². The molecule has 0 bridgehead atoms. The van der Waals surface area contributed by atoms with Crippen LogP contribution in [0, 0.1) is 0 Å². The molecule has 0 unspecified atom stereocenters. The molecule has 0 aromatic heterocycles. The molecule has 0 spiro atoms. The summed E-state index contributed by atoms with van der Waals surface area (Å²) in [7, 11) is 0. The first kappa shape index (κ1) is 14.2. The van der Waals surface area contributed by atoms with Crippen LogP contribution in [0.1, 0.15) is 33.6 Å². The first-order valence-electron chi connectivity index (χ1n) is 5.18. The van der Waals surface area contributed by atoms with E-state index in [1.807, 2.05) is 6.08 Å². The van der Waals surface area contributed by atoms with Gasteiger partial charge in [0.05, 0.1) is 0 Å². The Morgan fingerprint density at radius 3 is 2.47 bits per heavy atom. The number of carbonyl (C=O) groups excluding carboxylic acids is 1. The lowest BCUT2D eigenvalue weighted by Gasteiger charge is -2.01. The molecule has 1 N–H and O–H groups in total. The van der Waals surface area contributed by atoms with Crippen molar-refractivity contribution in [3.05, 3.63) is 23.3 Å². The number of carbonyl (C=O) groups is 1. The van der Waals surface area contributed by atoms with Crippen molar-refractivity contribution in [1.82, 2.24) is 5.32 Å². The van der Waals surface area contributed by atoms with Crippen LogP contribution in [0.3, 0.4) is 0 Å². The first-order chi connectivity index (χ1) is 7.06. The van der Waals surface area contributed by atoms with Crippen molar-refractivity contribution in [2.45, 2.75) is 33.6 Å². The van der Waals surface area contributed by atoms with Crippen LogP contribution in [-0.4, -0.2) is 18.3 Å². The molecule has 2 nitrogen and oxygen atoms in total. The molecular formula is C12H20ClNO. The maximum absolute atomic E-state index is 10.8. The Hall–Kier alpha value is -0.760. The monoisotopic (exact) mass is 229 g/mol. The molecule has 0 heterocycles. The molecule has 0 aliphatic heterocycles. The molecule has 0 saturated heterocycles. The maximum atomic E-state index is 10.8. The van der Waals surface area contributed by atoms with Crippen molar-refractivity contribution in [2.24, 2.45) is 0 Å². The minimum atomic E-state index is -0.120. The normalized spacial score (nSPS) is 11.1. The number of rotatable bonds is 6. The molecule has 0 saturated carbocycles. The average Bonchev–Trinajstić information content (AvgIpc) is 2.17. The molecule has 0 aromatic rings. The lowest BCUT2D eigenvalue weighted by Crippen LogP contribution is -2.24. The van der Waals surface area contributed by atoms with Crippen molar-refractivity contribution in [1.29, 1.82) is 0 Å². The van der Waals surface area contributed by atoms with Gasteiger partial charge in [0.2, 0.25) is 5.91 Å². The highest BCUT2D eigenvalue weighted by Crippen LogP contribution is 2.05. The van der Waals surface area contributed by atoms with Crippen molar-refractivity contribution in [2.75, 3.05) is 12.4 Å². The lowest BCUT2D eigenvalue weighted by molar-refractivity contribution is -0.118. The quantitative estimate of drug-likeness (QED) is 0.551. The second kappa shape index (κ2) is 8.54. The van der Waals surface area contributed by atoms with Crippen molar-refractivity contribution in [3.8, 4) is 0 Å². The lowest BCUT2D eigenvalue weighted by atomic mass is 10.1. The van der Waals surface area contributed by atoms with Gasteiger partial charge in [-0.1, -0.05) is 23.3 Å². The summed E-state index contributed by atoms with van der Waals surface area (Å²) < 4.78 is 0. The smallest absolute Gasteiger partial charge is 0.235 e. The van der Waals surface area contributed by atoms with Gasteiger partial charge < -0.3 is 5.32 Å². The predicted molar refractivity (Wildman–Crippen MR) is 66.2 cm³/mol. The van der Waals surface area contributed by atoms with Crippen LogP contribution in [-0.2, 0) is 4.79 Å². The van der Waals surface area contributed by atoms with Crippen LogP contribution < -0.4 is 5.32 Å². The summed E-state index contributed by atoms with van der Waals surface area (Å²) in [6, 6.07) is 0. The zero-order valence-electron chi connectivity index (χ0n) is 9.77. The fourth-order valence-corrected chi connectivity index (χ4v) is 1.17. The Morgan fingerprint density at radius 2 is 1.93 bits per heavy atom. The summed E-state index contributed by atoms with van der Waals surface area (Å²) in [5.41, 5.74) is 2.64. The van der Waals surface area contributed by atoms with E-state index < -0.39 is 0 Å². The van der Waals surface area contributed by atoms with Gasteiger partial charge in [-0.05, 0) is 33.6 Å². The van der Waals surface area contributed by atoms with Gasteiger partial charge in [0, 0.05) is 6.54 Å². The zero-order valence-corrected chi connectivity index (χ0v) is 10.5. The Labute approximate surface area is 97.4 Å². The van der Waals surface area contributed by atoms with E-state index >= 15 is 0 Å². The van der Waals surface area contributed by atoms with E-state index in [1.54, 1.807) is 0 Å². The van der Waals surface area contributed by atoms with Gasteiger partial charge in [-0.25, -0.2) is 0 Å². The maximum Gasteiger partial charge on any atom is 0.235 e. The van der Waals surface area contributed by atoms with Gasteiger partial charge in [-0.15, -0.1) is 11.6 Å². The number of allylic oxidation sites excluding steroid dienone is 3. The third kappa shape index (κ3) is 9.54. The van der Waals surface area contributed by atoms with E-state index in [0.29, 0.717) is 6.54 Å². The Morgan fingerprint density at radius 1 is 1.27 bits per heavy atom. The molecule has 0 radical (unpaired) electrons. The van der Waals surface area contributed by atoms with E-state index in [4.69, 9.17) is 11.6 Å². The van der Waals surface area contributed by atoms with E-state index in [2.05, 4.69) is 32.2 Å². The molecule has 0 aliphatic carbocycles. The molecular weight excluding hydrogens is 210 g/mol. The third-order valence-corrected chi connectivity index (χ3v) is 2.21. The highest BCUT2D eigenvalue weighted by atomic mass is 35.5. The largest absolute Gasteiger partial charge is 0.352 e. The van der Waals surface area contributed by atoms with Crippen LogP contribution in [0.4, 0.5) is 0 Å². The standard InChI is InChI=1S/C12H20ClNO/c1-10(2)5-4-6-11(3)7-8-14-12(15)9-13/h5,7H,4,6,8-9H2,1-3H3,(H,14,15)/b11-7+. The van der Waals surface area contributed by atoms with Crippen molar-refractivity contribution in [3.63, 3.8) is 0 Å². The molecule has 15 heavy (non-hydrogen) atoms. The van der Waals surface area contributed by atoms with Gasteiger partial charge >= 0.3 is 0 Å². The van der Waals surface area contributed by atoms with Crippen LogP contribution in [0.5, 0.6) is 0 Å². The van der Waals surface area contributed by atoms with E-state index in [-0.39, 0.29) is 11.8 Å². The van der Waals surface area contributed by atoms with Gasteiger partial charge in [-0.3, -0.25) is 4.79 Å². The zero-order chi connectivity index (χ0) is 11.7. The third-order valence-electron chi connectivity index (χ3n) is 1.96. The highest BCUT2D eigenvalue weighted by Gasteiger charge is 1.94. The molecule has 3 heteroatoms. The Bertz CT molecular complexity index is 252. The highest BCUT2D eigenvalue weighted by molar-refractivity contribution is 6.27. The average molecular weight is 230 g/mol. The van der Waals surface area contributed by atoms with Gasteiger partial charge in [0.1, 0.15) is 5.88 Å². The molecule has 0 rings (SSSR count). The summed E-state index contributed by atoms with van der Waals surface area (Å²) in [6.45, 7) is 6.84. The second-order valence-electron chi connectivity index (χ2n) is 3.81. The number of nitrogens with one attached hydrogen (secondary N) is 1. The summed E-state index contributed by atoms with van der Waals surface area (Å²) in [5, 5.41) is 2.70. The number of alkyl halides is 1. The summed E-state index contributed by atoms with van der Waals surface area (Å²) in [6.07, 6.45) is 6.36. The fourth-order valence-electron chi connectivity index (χ4n) is 1.08. The number of halogens is 1.